The Morgan fingerprint density at radius 2 is 2.11 bits per heavy atom. The molecule has 1 aromatic rings. The Balaban J connectivity index is 2.19. The van der Waals surface area contributed by atoms with Crippen LogP contribution >= 0.6 is 23.2 Å². The van der Waals surface area contributed by atoms with Gasteiger partial charge < -0.3 is 5.11 Å². The normalized spacial score (nSPS) is 25.5. The molecule has 0 saturated carbocycles. The zero-order chi connectivity index (χ0) is 14.2. The van der Waals surface area contributed by atoms with Gasteiger partial charge in [-0.3, -0.25) is 9.69 Å². The van der Waals surface area contributed by atoms with Gasteiger partial charge in [0.1, 0.15) is 0 Å². The number of carboxylic acids is 1. The highest BCUT2D eigenvalue weighted by Crippen LogP contribution is 2.36. The molecular weight excluding hydrogens is 285 g/mol. The molecule has 1 aliphatic heterocycles. The van der Waals surface area contributed by atoms with Crippen LogP contribution < -0.4 is 0 Å². The number of benzene rings is 1. The van der Waals surface area contributed by atoms with E-state index in [1.807, 2.05) is 26.0 Å². The van der Waals surface area contributed by atoms with Gasteiger partial charge in [-0.15, -0.1) is 0 Å². The van der Waals surface area contributed by atoms with E-state index in [0.29, 0.717) is 16.6 Å². The van der Waals surface area contributed by atoms with Gasteiger partial charge in [0, 0.05) is 19.1 Å². The third-order valence-electron chi connectivity index (χ3n) is 3.94. The number of rotatable bonds is 3. The van der Waals surface area contributed by atoms with Crippen LogP contribution in [0.3, 0.4) is 0 Å². The van der Waals surface area contributed by atoms with Crippen LogP contribution in [0.1, 0.15) is 25.5 Å². The van der Waals surface area contributed by atoms with E-state index in [9.17, 15) is 9.90 Å². The molecule has 0 aliphatic carbocycles. The molecule has 5 heteroatoms. The first-order valence-electron chi connectivity index (χ1n) is 6.32. The number of nitrogens with zero attached hydrogens (tertiary/aromatic N) is 1. The number of aliphatic carboxylic acids is 1. The molecule has 19 heavy (non-hydrogen) atoms. The van der Waals surface area contributed by atoms with E-state index in [-0.39, 0.29) is 17.9 Å². The van der Waals surface area contributed by atoms with Crippen molar-refractivity contribution in [3.63, 3.8) is 0 Å². The van der Waals surface area contributed by atoms with E-state index in [1.54, 1.807) is 6.07 Å². The molecule has 1 heterocycles. The first-order chi connectivity index (χ1) is 8.91. The average Bonchev–Trinajstić information content (AvgIpc) is 2.74. The Hall–Kier alpha value is -0.770. The second-order valence-corrected chi connectivity index (χ2v) is 5.98. The maximum absolute atomic E-state index is 11.2. The fourth-order valence-corrected chi connectivity index (χ4v) is 3.15. The summed E-state index contributed by atoms with van der Waals surface area (Å²) >= 11 is 12.3. The zero-order valence-corrected chi connectivity index (χ0v) is 12.4. The van der Waals surface area contributed by atoms with Crippen molar-refractivity contribution < 1.29 is 9.90 Å². The van der Waals surface area contributed by atoms with Crippen molar-refractivity contribution in [3.05, 3.63) is 33.8 Å². The summed E-state index contributed by atoms with van der Waals surface area (Å²) in [5.74, 6) is -0.877. The Labute approximate surface area is 123 Å². The average molecular weight is 302 g/mol. The van der Waals surface area contributed by atoms with Crippen molar-refractivity contribution in [3.8, 4) is 0 Å². The summed E-state index contributed by atoms with van der Waals surface area (Å²) in [6, 6.07) is 5.64. The van der Waals surface area contributed by atoms with Crippen molar-refractivity contribution in [2.24, 2.45) is 11.8 Å². The van der Waals surface area contributed by atoms with Gasteiger partial charge in [-0.1, -0.05) is 42.3 Å². The monoisotopic (exact) mass is 301 g/mol. The summed E-state index contributed by atoms with van der Waals surface area (Å²) in [6.07, 6.45) is 0. The van der Waals surface area contributed by atoms with Gasteiger partial charge in [-0.2, -0.15) is 0 Å². The summed E-state index contributed by atoms with van der Waals surface area (Å²) in [6.45, 7) is 5.33. The molecule has 0 radical (unpaired) electrons. The van der Waals surface area contributed by atoms with Crippen LogP contribution in [0.25, 0.3) is 0 Å². The molecule has 3 unspecified atom stereocenters. The predicted octanol–water partition coefficient (Wildman–Crippen LogP) is 3.71. The van der Waals surface area contributed by atoms with Crippen LogP contribution in [-0.2, 0) is 4.79 Å². The van der Waals surface area contributed by atoms with Crippen LogP contribution in [0.2, 0.25) is 10.0 Å². The molecule has 0 spiro atoms. The minimum absolute atomic E-state index is 0.0676. The second kappa shape index (κ2) is 5.70. The topological polar surface area (TPSA) is 40.5 Å². The molecule has 1 N–H and O–H groups in total. The Morgan fingerprint density at radius 1 is 1.42 bits per heavy atom. The molecule has 1 aliphatic rings. The van der Waals surface area contributed by atoms with Gasteiger partial charge in [0.15, 0.2) is 0 Å². The highest BCUT2D eigenvalue weighted by Gasteiger charge is 2.37. The predicted molar refractivity (Wildman–Crippen MR) is 76.7 cm³/mol. The minimum atomic E-state index is -0.723. The Morgan fingerprint density at radius 3 is 2.68 bits per heavy atom. The molecule has 1 fully saturated rings. The molecule has 3 nitrogen and oxygen atoms in total. The Kier molecular flexibility index (Phi) is 4.39. The number of carbonyl (C=O) groups is 1. The van der Waals surface area contributed by atoms with Crippen LogP contribution in [0.5, 0.6) is 0 Å². The van der Waals surface area contributed by atoms with Crippen LogP contribution in [0, 0.1) is 11.8 Å². The van der Waals surface area contributed by atoms with Crippen LogP contribution in [0.4, 0.5) is 0 Å². The number of hydrogen-bond donors (Lipinski definition) is 1. The molecule has 2 rings (SSSR count). The first kappa shape index (κ1) is 14.6. The van der Waals surface area contributed by atoms with Crippen molar-refractivity contribution >= 4 is 29.2 Å². The quantitative estimate of drug-likeness (QED) is 0.925. The molecular formula is C14H17Cl2NO2. The largest absolute Gasteiger partial charge is 0.481 e. The van der Waals surface area contributed by atoms with Crippen molar-refractivity contribution in [2.45, 2.75) is 19.9 Å². The van der Waals surface area contributed by atoms with Crippen molar-refractivity contribution in [2.75, 3.05) is 13.1 Å². The van der Waals surface area contributed by atoms with Crippen molar-refractivity contribution in [1.82, 2.24) is 4.90 Å². The van der Waals surface area contributed by atoms with E-state index in [1.165, 1.54) is 0 Å². The lowest BCUT2D eigenvalue weighted by Crippen LogP contribution is -2.26. The third kappa shape index (κ3) is 2.88. The lowest BCUT2D eigenvalue weighted by atomic mass is 9.99. The highest BCUT2D eigenvalue weighted by atomic mass is 35.5. The van der Waals surface area contributed by atoms with Gasteiger partial charge in [0.05, 0.1) is 16.0 Å². The fourth-order valence-electron chi connectivity index (χ4n) is 2.68. The van der Waals surface area contributed by atoms with Crippen LogP contribution in [0.15, 0.2) is 18.2 Å². The maximum atomic E-state index is 11.2. The summed E-state index contributed by atoms with van der Waals surface area (Å²) in [5, 5.41) is 10.3. The maximum Gasteiger partial charge on any atom is 0.308 e. The van der Waals surface area contributed by atoms with E-state index in [2.05, 4.69) is 4.90 Å². The fraction of sp³-hybridized carbons (Fsp3) is 0.500. The second-order valence-electron chi connectivity index (χ2n) is 5.19. The molecule has 1 saturated heterocycles. The summed E-state index contributed by atoms with van der Waals surface area (Å²) in [7, 11) is 0. The number of hydrogen-bond acceptors (Lipinski definition) is 2. The SMILES string of the molecule is CC1CN(C(C)c2cccc(Cl)c2Cl)CC1C(=O)O. The third-order valence-corrected chi connectivity index (χ3v) is 4.77. The van der Waals surface area contributed by atoms with E-state index < -0.39 is 5.97 Å². The Bertz CT molecular complexity index is 492. The number of likely N-dealkylation sites (tertiary alicyclic amines) is 1. The smallest absolute Gasteiger partial charge is 0.308 e. The van der Waals surface area contributed by atoms with Gasteiger partial charge in [-0.25, -0.2) is 0 Å². The molecule has 3 atom stereocenters. The minimum Gasteiger partial charge on any atom is -0.481 e. The lowest BCUT2D eigenvalue weighted by Gasteiger charge is -2.25. The number of halogens is 2. The lowest BCUT2D eigenvalue weighted by molar-refractivity contribution is -0.142. The summed E-state index contributed by atoms with van der Waals surface area (Å²) < 4.78 is 0. The van der Waals surface area contributed by atoms with Crippen molar-refractivity contribution in [1.29, 1.82) is 0 Å². The molecule has 1 aromatic carbocycles. The van der Waals surface area contributed by atoms with Gasteiger partial charge in [0.25, 0.3) is 0 Å². The van der Waals surface area contributed by atoms with Gasteiger partial charge in [0.2, 0.25) is 0 Å². The van der Waals surface area contributed by atoms with Gasteiger partial charge >= 0.3 is 5.97 Å². The highest BCUT2D eigenvalue weighted by molar-refractivity contribution is 6.42. The molecule has 0 amide bonds. The van der Waals surface area contributed by atoms with E-state index in [4.69, 9.17) is 23.2 Å². The first-order valence-corrected chi connectivity index (χ1v) is 7.08. The van der Waals surface area contributed by atoms with E-state index >= 15 is 0 Å². The zero-order valence-electron chi connectivity index (χ0n) is 10.9. The van der Waals surface area contributed by atoms with Gasteiger partial charge in [-0.05, 0) is 24.5 Å². The summed E-state index contributed by atoms with van der Waals surface area (Å²) in [4.78, 5) is 13.3. The standard InChI is InChI=1S/C14H17Cl2NO2/c1-8-6-17(7-11(8)14(18)19)9(2)10-4-3-5-12(15)13(10)16/h3-5,8-9,11H,6-7H2,1-2H3,(H,18,19). The van der Waals surface area contributed by atoms with E-state index in [0.717, 1.165) is 12.1 Å². The number of carboxylic acid groups (broad SMARTS) is 1. The van der Waals surface area contributed by atoms with Crippen LogP contribution in [-0.4, -0.2) is 29.1 Å². The molecule has 104 valence electrons. The molecule has 0 bridgehead atoms. The summed E-state index contributed by atoms with van der Waals surface area (Å²) in [5.41, 5.74) is 0.951. The molecule has 0 aromatic heterocycles.